The fourth-order valence-corrected chi connectivity index (χ4v) is 4.80. The number of anilines is 2. The van der Waals surface area contributed by atoms with Crippen LogP contribution in [0.25, 0.3) is 11.5 Å². The van der Waals surface area contributed by atoms with E-state index in [0.717, 1.165) is 37.6 Å². The van der Waals surface area contributed by atoms with Crippen LogP contribution in [0.15, 0.2) is 96.2 Å². The molecule has 1 N–H and O–H groups in total. The second-order valence-corrected chi connectivity index (χ2v) is 9.06. The topological polar surface area (TPSA) is 86.9 Å². The van der Waals surface area contributed by atoms with Gasteiger partial charge in [0.05, 0.1) is 5.69 Å². The van der Waals surface area contributed by atoms with Crippen LogP contribution in [0.4, 0.5) is 11.5 Å². The third kappa shape index (κ3) is 4.49. The van der Waals surface area contributed by atoms with Crippen LogP contribution in [-0.4, -0.2) is 50.6 Å². The summed E-state index contributed by atoms with van der Waals surface area (Å²) in [7, 11) is 0. The summed E-state index contributed by atoms with van der Waals surface area (Å²) in [6, 6.07) is 23.9. The maximum absolute atomic E-state index is 13.3. The van der Waals surface area contributed by atoms with Crippen LogP contribution in [0.1, 0.15) is 16.8 Å². The first-order chi connectivity index (χ1) is 18.2. The maximum atomic E-state index is 13.3. The first-order valence-corrected chi connectivity index (χ1v) is 12.3. The molecule has 0 radical (unpaired) electrons. The zero-order valence-corrected chi connectivity index (χ0v) is 20.2. The molecular formula is C29H26N6O2. The van der Waals surface area contributed by atoms with Crippen LogP contribution in [0.5, 0.6) is 0 Å². The van der Waals surface area contributed by atoms with Crippen molar-refractivity contribution in [1.82, 2.24) is 19.4 Å². The Kier molecular flexibility index (Phi) is 5.98. The summed E-state index contributed by atoms with van der Waals surface area (Å²) in [6.45, 7) is 3.52. The molecular weight excluding hydrogens is 464 g/mol. The van der Waals surface area contributed by atoms with Gasteiger partial charge in [0.2, 0.25) is 5.78 Å². The largest absolute Gasteiger partial charge is 0.506 e. The van der Waals surface area contributed by atoms with Gasteiger partial charge < -0.3 is 14.9 Å². The molecule has 0 spiro atoms. The lowest BCUT2D eigenvalue weighted by molar-refractivity contribution is 0.505. The van der Waals surface area contributed by atoms with Gasteiger partial charge in [-0.1, -0.05) is 48.5 Å². The van der Waals surface area contributed by atoms with Gasteiger partial charge in [-0.05, 0) is 29.8 Å². The van der Waals surface area contributed by atoms with Crippen molar-refractivity contribution in [2.24, 2.45) is 0 Å². The molecule has 0 amide bonds. The lowest BCUT2D eigenvalue weighted by Crippen LogP contribution is -2.46. The van der Waals surface area contributed by atoms with Crippen LogP contribution >= 0.6 is 0 Å². The molecule has 4 heterocycles. The van der Waals surface area contributed by atoms with Crippen molar-refractivity contribution >= 4 is 23.0 Å². The van der Waals surface area contributed by atoms with Crippen LogP contribution in [0, 0.1) is 0 Å². The highest BCUT2D eigenvalue weighted by atomic mass is 16.3. The fraction of sp³-hybridized carbons (Fsp3) is 0.172. The molecule has 0 atom stereocenters. The summed E-state index contributed by atoms with van der Waals surface area (Å²) in [5.41, 5.74) is 2.82. The molecule has 37 heavy (non-hydrogen) atoms. The Balaban J connectivity index is 1.30. The van der Waals surface area contributed by atoms with E-state index in [1.165, 1.54) is 16.3 Å². The van der Waals surface area contributed by atoms with E-state index < -0.39 is 0 Å². The number of rotatable bonds is 5. The average Bonchev–Trinajstić information content (AvgIpc) is 3.43. The summed E-state index contributed by atoms with van der Waals surface area (Å²) < 4.78 is 1.36. The van der Waals surface area contributed by atoms with Gasteiger partial charge in [-0.3, -0.25) is 4.79 Å². The van der Waals surface area contributed by atoms with Crippen molar-refractivity contribution in [3.63, 3.8) is 0 Å². The van der Waals surface area contributed by atoms with Crippen LogP contribution in [-0.2, 0) is 6.42 Å². The molecule has 1 saturated heterocycles. The number of pyridine rings is 1. The van der Waals surface area contributed by atoms with Crippen molar-refractivity contribution in [2.45, 2.75) is 6.42 Å². The van der Waals surface area contributed by atoms with E-state index in [1.807, 2.05) is 48.5 Å². The number of piperazine rings is 1. The van der Waals surface area contributed by atoms with Gasteiger partial charge in [0, 0.05) is 62.4 Å². The van der Waals surface area contributed by atoms with E-state index >= 15 is 0 Å². The molecule has 8 nitrogen and oxygen atoms in total. The lowest BCUT2D eigenvalue weighted by atomic mass is 10.1. The first kappa shape index (κ1) is 22.7. The van der Waals surface area contributed by atoms with E-state index in [2.05, 4.69) is 49.0 Å². The summed E-state index contributed by atoms with van der Waals surface area (Å²) in [5, 5.41) is 11.4. The number of aromatic nitrogens is 4. The number of aliphatic hydroxyl groups is 1. The third-order valence-corrected chi connectivity index (χ3v) is 6.77. The number of imidazole rings is 1. The number of fused-ring (bicyclic) bond motifs is 1. The van der Waals surface area contributed by atoms with Gasteiger partial charge in [-0.15, -0.1) is 0 Å². The molecule has 2 aromatic carbocycles. The Morgan fingerprint density at radius 2 is 1.54 bits per heavy atom. The van der Waals surface area contributed by atoms with E-state index in [-0.39, 0.29) is 16.5 Å². The number of nitrogens with zero attached hydrogens (tertiary/aromatic N) is 6. The highest BCUT2D eigenvalue weighted by Crippen LogP contribution is 2.20. The molecule has 0 saturated carbocycles. The second-order valence-electron chi connectivity index (χ2n) is 9.06. The zero-order chi connectivity index (χ0) is 25.2. The lowest BCUT2D eigenvalue weighted by Gasteiger charge is -2.36. The van der Waals surface area contributed by atoms with Crippen molar-refractivity contribution in [2.75, 3.05) is 36.0 Å². The van der Waals surface area contributed by atoms with Crippen molar-refractivity contribution < 1.29 is 5.11 Å². The summed E-state index contributed by atoms with van der Waals surface area (Å²) in [4.78, 5) is 31.4. The first-order valence-electron chi connectivity index (χ1n) is 12.3. The number of aliphatic hydroxyl groups excluding tert-OH is 1. The fourth-order valence-electron chi connectivity index (χ4n) is 4.80. The minimum Gasteiger partial charge on any atom is -0.506 e. The van der Waals surface area contributed by atoms with Gasteiger partial charge in [-0.2, -0.15) is 0 Å². The molecule has 184 valence electrons. The van der Waals surface area contributed by atoms with Crippen LogP contribution in [0.2, 0.25) is 0 Å². The predicted octanol–water partition coefficient (Wildman–Crippen LogP) is 2.84. The standard InChI is InChI=1S/C29H26N6O2/c36-27(26-24(19-21-7-3-1-4-8-21)32-29-30-13-14-35(29)28(26)37)22-11-12-25(31-20-22)34-17-15-33(16-18-34)23-9-5-2-6-10-23/h1-14,20,36H,15-19H2. The molecule has 0 aliphatic carbocycles. The highest BCUT2D eigenvalue weighted by Gasteiger charge is 2.19. The van der Waals surface area contributed by atoms with E-state index in [9.17, 15) is 9.90 Å². The van der Waals surface area contributed by atoms with Gasteiger partial charge in [0.15, 0.2) is 0 Å². The minimum absolute atomic E-state index is 0.132. The monoisotopic (exact) mass is 490 g/mol. The van der Waals surface area contributed by atoms with Gasteiger partial charge in [-0.25, -0.2) is 19.4 Å². The molecule has 1 aliphatic rings. The molecule has 0 bridgehead atoms. The number of benzene rings is 2. The Hall–Kier alpha value is -4.72. The number of para-hydroxylation sites is 1. The van der Waals surface area contributed by atoms with Gasteiger partial charge in [0.25, 0.3) is 5.56 Å². The van der Waals surface area contributed by atoms with Gasteiger partial charge >= 0.3 is 0 Å². The summed E-state index contributed by atoms with van der Waals surface area (Å²) in [5.74, 6) is 1.03. The molecule has 1 aliphatic heterocycles. The van der Waals surface area contributed by atoms with Crippen molar-refractivity contribution in [3.05, 3.63) is 124 Å². The van der Waals surface area contributed by atoms with Crippen LogP contribution < -0.4 is 20.6 Å². The van der Waals surface area contributed by atoms with Crippen molar-refractivity contribution in [3.8, 4) is 0 Å². The summed E-state index contributed by atoms with van der Waals surface area (Å²) >= 11 is 0. The number of hydrogen-bond acceptors (Lipinski definition) is 7. The molecule has 8 heteroatoms. The normalized spacial score (nSPS) is 14.7. The Morgan fingerprint density at radius 3 is 2.24 bits per heavy atom. The maximum Gasteiger partial charge on any atom is 0.270 e. The average molecular weight is 491 g/mol. The SMILES string of the molecule is O=c1c(=C(O)c2ccc(N3CCN(c4ccccc4)CC3)nc2)c(Cc2ccccc2)nc2nccn12. The highest BCUT2D eigenvalue weighted by molar-refractivity contribution is 5.60. The predicted molar refractivity (Wildman–Crippen MR) is 144 cm³/mol. The minimum atomic E-state index is -0.355. The molecule has 3 aromatic heterocycles. The second kappa shape index (κ2) is 9.73. The van der Waals surface area contributed by atoms with Crippen molar-refractivity contribution in [1.29, 1.82) is 0 Å². The molecule has 0 unspecified atom stereocenters. The van der Waals surface area contributed by atoms with E-state index in [4.69, 9.17) is 0 Å². The van der Waals surface area contributed by atoms with E-state index in [0.29, 0.717) is 23.5 Å². The van der Waals surface area contributed by atoms with Gasteiger partial charge in [0.1, 0.15) is 16.8 Å². The quantitative estimate of drug-likeness (QED) is 0.405. The van der Waals surface area contributed by atoms with E-state index in [1.54, 1.807) is 12.4 Å². The third-order valence-electron chi connectivity index (χ3n) is 6.77. The molecule has 6 rings (SSSR count). The summed E-state index contributed by atoms with van der Waals surface area (Å²) in [6.07, 6.45) is 5.11. The number of hydrogen-bond donors (Lipinski definition) is 1. The Morgan fingerprint density at radius 1 is 0.838 bits per heavy atom. The van der Waals surface area contributed by atoms with Crippen LogP contribution in [0.3, 0.4) is 0 Å². The molecule has 1 fully saturated rings. The Bertz CT molecular complexity index is 1630. The zero-order valence-electron chi connectivity index (χ0n) is 20.2. The molecule has 5 aromatic rings. The Labute approximate surface area is 213 Å². The smallest absolute Gasteiger partial charge is 0.270 e.